The van der Waals surface area contributed by atoms with Gasteiger partial charge in [-0.05, 0) is 63.4 Å². The predicted octanol–water partition coefficient (Wildman–Crippen LogP) is 3.69. The Bertz CT molecular complexity index is 786. The summed E-state index contributed by atoms with van der Waals surface area (Å²) in [5.41, 5.74) is 2.77. The number of amides is 2. The van der Waals surface area contributed by atoms with Gasteiger partial charge in [-0.1, -0.05) is 0 Å². The zero-order valence-corrected chi connectivity index (χ0v) is 14.3. The lowest BCUT2D eigenvalue weighted by Crippen LogP contribution is -2.27. The number of carbonyl (C=O) groups excluding carboxylic acids is 2. The van der Waals surface area contributed by atoms with Crippen molar-refractivity contribution in [2.75, 3.05) is 18.4 Å². The first kappa shape index (κ1) is 16.3. The van der Waals surface area contributed by atoms with E-state index in [-0.39, 0.29) is 11.8 Å². The van der Waals surface area contributed by atoms with Crippen LogP contribution in [0.3, 0.4) is 0 Å². The highest BCUT2D eigenvalue weighted by molar-refractivity contribution is 6.05. The SMILES string of the molecule is Cc1cc(C(=O)Nc2ccc(C(=O)N3CCCC3)cc2C)c(C)o1. The second kappa shape index (κ2) is 6.51. The first-order chi connectivity index (χ1) is 11.5. The van der Waals surface area contributed by atoms with Crippen molar-refractivity contribution in [1.82, 2.24) is 4.90 Å². The Morgan fingerprint density at radius 1 is 1.08 bits per heavy atom. The first-order valence-corrected chi connectivity index (χ1v) is 8.24. The van der Waals surface area contributed by atoms with E-state index < -0.39 is 0 Å². The van der Waals surface area contributed by atoms with E-state index in [0.29, 0.717) is 28.3 Å². The number of aryl methyl sites for hydroxylation is 3. The van der Waals surface area contributed by atoms with Gasteiger partial charge >= 0.3 is 0 Å². The third kappa shape index (κ3) is 3.20. The highest BCUT2D eigenvalue weighted by atomic mass is 16.3. The van der Waals surface area contributed by atoms with Crippen LogP contribution in [-0.4, -0.2) is 29.8 Å². The van der Waals surface area contributed by atoms with Gasteiger partial charge in [0.15, 0.2) is 0 Å². The van der Waals surface area contributed by atoms with Crippen LogP contribution in [0, 0.1) is 20.8 Å². The molecule has 1 aromatic carbocycles. The van der Waals surface area contributed by atoms with Gasteiger partial charge in [-0.3, -0.25) is 9.59 Å². The van der Waals surface area contributed by atoms with Crippen LogP contribution >= 0.6 is 0 Å². The zero-order chi connectivity index (χ0) is 17.3. The fourth-order valence-electron chi connectivity index (χ4n) is 3.09. The van der Waals surface area contributed by atoms with E-state index >= 15 is 0 Å². The number of nitrogens with zero attached hydrogens (tertiary/aromatic N) is 1. The number of nitrogens with one attached hydrogen (secondary N) is 1. The summed E-state index contributed by atoms with van der Waals surface area (Å²) in [5, 5.41) is 2.89. The Morgan fingerprint density at radius 3 is 2.38 bits per heavy atom. The zero-order valence-electron chi connectivity index (χ0n) is 14.3. The molecule has 1 saturated heterocycles. The fraction of sp³-hybridized carbons (Fsp3) is 0.368. The summed E-state index contributed by atoms with van der Waals surface area (Å²) in [6, 6.07) is 7.13. The van der Waals surface area contributed by atoms with Crippen molar-refractivity contribution >= 4 is 17.5 Å². The molecule has 2 heterocycles. The van der Waals surface area contributed by atoms with E-state index in [2.05, 4.69) is 5.32 Å². The van der Waals surface area contributed by atoms with Gasteiger partial charge in [-0.25, -0.2) is 0 Å². The van der Waals surface area contributed by atoms with Gasteiger partial charge in [0.05, 0.1) is 5.56 Å². The quantitative estimate of drug-likeness (QED) is 0.935. The summed E-state index contributed by atoms with van der Waals surface area (Å²) in [6.45, 7) is 7.13. The van der Waals surface area contributed by atoms with Gasteiger partial charge in [0.25, 0.3) is 11.8 Å². The van der Waals surface area contributed by atoms with E-state index in [4.69, 9.17) is 4.42 Å². The average molecular weight is 326 g/mol. The number of anilines is 1. The number of rotatable bonds is 3. The maximum atomic E-state index is 12.4. The summed E-state index contributed by atoms with van der Waals surface area (Å²) in [4.78, 5) is 26.7. The maximum absolute atomic E-state index is 12.4. The van der Waals surface area contributed by atoms with E-state index in [0.717, 1.165) is 31.5 Å². The second-order valence-electron chi connectivity index (χ2n) is 6.31. The monoisotopic (exact) mass is 326 g/mol. The Balaban J connectivity index is 1.76. The minimum Gasteiger partial charge on any atom is -0.466 e. The van der Waals surface area contributed by atoms with Crippen LogP contribution in [0.5, 0.6) is 0 Å². The van der Waals surface area contributed by atoms with E-state index in [1.165, 1.54) is 0 Å². The molecule has 0 atom stereocenters. The van der Waals surface area contributed by atoms with Crippen LogP contribution in [0.2, 0.25) is 0 Å². The molecule has 0 saturated carbocycles. The molecule has 1 aliphatic heterocycles. The molecule has 126 valence electrons. The number of benzene rings is 1. The Labute approximate surface area is 141 Å². The third-order valence-electron chi connectivity index (χ3n) is 4.40. The molecule has 0 spiro atoms. The highest BCUT2D eigenvalue weighted by Crippen LogP contribution is 2.21. The molecule has 0 unspecified atom stereocenters. The molecule has 1 aromatic heterocycles. The number of likely N-dealkylation sites (tertiary alicyclic amines) is 1. The summed E-state index contributed by atoms with van der Waals surface area (Å²) in [5.74, 6) is 1.17. The standard InChI is InChI=1S/C19H22N2O3/c1-12-10-15(19(23)21-8-4-5-9-21)6-7-17(12)20-18(22)16-11-13(2)24-14(16)3/h6-7,10-11H,4-5,8-9H2,1-3H3,(H,20,22). The average Bonchev–Trinajstić information content (AvgIpc) is 3.18. The topological polar surface area (TPSA) is 62.6 Å². The van der Waals surface area contributed by atoms with Crippen molar-refractivity contribution in [3.8, 4) is 0 Å². The number of hydrogen-bond acceptors (Lipinski definition) is 3. The number of hydrogen-bond donors (Lipinski definition) is 1. The van der Waals surface area contributed by atoms with Gasteiger partial charge in [0.2, 0.25) is 0 Å². The number of furan rings is 1. The summed E-state index contributed by atoms with van der Waals surface area (Å²) in [6.07, 6.45) is 2.14. The molecular weight excluding hydrogens is 304 g/mol. The first-order valence-electron chi connectivity index (χ1n) is 8.24. The lowest BCUT2D eigenvalue weighted by atomic mass is 10.1. The molecule has 0 radical (unpaired) electrons. The maximum Gasteiger partial charge on any atom is 0.259 e. The molecule has 2 aromatic rings. The van der Waals surface area contributed by atoms with Crippen LogP contribution in [0.1, 0.15) is 50.6 Å². The van der Waals surface area contributed by atoms with Crippen LogP contribution in [0.15, 0.2) is 28.7 Å². The van der Waals surface area contributed by atoms with E-state index in [1.54, 1.807) is 25.1 Å². The molecular formula is C19H22N2O3. The molecule has 1 N–H and O–H groups in total. The van der Waals surface area contributed by atoms with Crippen LogP contribution in [0.4, 0.5) is 5.69 Å². The van der Waals surface area contributed by atoms with Gasteiger partial charge in [-0.15, -0.1) is 0 Å². The second-order valence-corrected chi connectivity index (χ2v) is 6.31. The normalized spacial score (nSPS) is 14.0. The summed E-state index contributed by atoms with van der Waals surface area (Å²) in [7, 11) is 0. The van der Waals surface area contributed by atoms with Crippen molar-refractivity contribution in [2.45, 2.75) is 33.6 Å². The molecule has 0 bridgehead atoms. The van der Waals surface area contributed by atoms with Crippen molar-refractivity contribution in [2.24, 2.45) is 0 Å². The molecule has 2 amide bonds. The van der Waals surface area contributed by atoms with Crippen molar-refractivity contribution in [3.63, 3.8) is 0 Å². The third-order valence-corrected chi connectivity index (χ3v) is 4.40. The molecule has 1 aliphatic rings. The Hall–Kier alpha value is -2.56. The molecule has 5 nitrogen and oxygen atoms in total. The van der Waals surface area contributed by atoms with Gasteiger partial charge < -0.3 is 14.6 Å². The van der Waals surface area contributed by atoms with Gasteiger partial charge in [0, 0.05) is 24.3 Å². The fourth-order valence-corrected chi connectivity index (χ4v) is 3.09. The van der Waals surface area contributed by atoms with Crippen molar-refractivity contribution < 1.29 is 14.0 Å². The smallest absolute Gasteiger partial charge is 0.259 e. The Kier molecular flexibility index (Phi) is 4.42. The van der Waals surface area contributed by atoms with E-state index in [1.807, 2.05) is 24.8 Å². The van der Waals surface area contributed by atoms with Crippen LogP contribution < -0.4 is 5.32 Å². The predicted molar refractivity (Wildman–Crippen MR) is 92.5 cm³/mol. The van der Waals surface area contributed by atoms with Crippen molar-refractivity contribution in [1.29, 1.82) is 0 Å². The number of carbonyl (C=O) groups is 2. The van der Waals surface area contributed by atoms with Crippen LogP contribution in [0.25, 0.3) is 0 Å². The van der Waals surface area contributed by atoms with Gasteiger partial charge in [0.1, 0.15) is 11.5 Å². The molecule has 0 aliphatic carbocycles. The molecule has 24 heavy (non-hydrogen) atoms. The van der Waals surface area contributed by atoms with Crippen LogP contribution in [-0.2, 0) is 0 Å². The summed E-state index contributed by atoms with van der Waals surface area (Å²) >= 11 is 0. The van der Waals surface area contributed by atoms with Crippen molar-refractivity contribution in [3.05, 3.63) is 52.5 Å². The minimum atomic E-state index is -0.203. The Morgan fingerprint density at radius 2 is 1.79 bits per heavy atom. The lowest BCUT2D eigenvalue weighted by molar-refractivity contribution is 0.0792. The molecule has 1 fully saturated rings. The highest BCUT2D eigenvalue weighted by Gasteiger charge is 2.20. The van der Waals surface area contributed by atoms with Gasteiger partial charge in [-0.2, -0.15) is 0 Å². The van der Waals surface area contributed by atoms with E-state index in [9.17, 15) is 9.59 Å². The summed E-state index contributed by atoms with van der Waals surface area (Å²) < 4.78 is 5.40. The largest absolute Gasteiger partial charge is 0.466 e. The lowest BCUT2D eigenvalue weighted by Gasteiger charge is -2.16. The minimum absolute atomic E-state index is 0.0646. The molecule has 3 rings (SSSR count). The molecule has 5 heteroatoms.